The van der Waals surface area contributed by atoms with E-state index in [2.05, 4.69) is 11.9 Å². The van der Waals surface area contributed by atoms with E-state index in [9.17, 15) is 22.8 Å². The zero-order valence-electron chi connectivity index (χ0n) is 22.5. The van der Waals surface area contributed by atoms with E-state index in [1.807, 2.05) is 0 Å². The Hall–Kier alpha value is -3.20. The fraction of sp³-hybridized carbons (Fsp3) is 0.433. The van der Waals surface area contributed by atoms with Crippen LogP contribution in [0, 0.1) is 6.92 Å². The molecular weight excluding hydrogens is 527 g/mol. The van der Waals surface area contributed by atoms with Crippen LogP contribution in [0.1, 0.15) is 78.0 Å². The lowest BCUT2D eigenvalue weighted by molar-refractivity contribution is -0.145. The van der Waals surface area contributed by atoms with Gasteiger partial charge in [0.25, 0.3) is 0 Å². The van der Waals surface area contributed by atoms with Gasteiger partial charge in [0.2, 0.25) is 0 Å². The summed E-state index contributed by atoms with van der Waals surface area (Å²) in [7, 11) is 0. The molecule has 1 aromatic heterocycles. The first-order valence-electron chi connectivity index (χ1n) is 13.2. The fourth-order valence-electron chi connectivity index (χ4n) is 4.22. The zero-order valence-corrected chi connectivity index (χ0v) is 23.3. The Morgan fingerprint density at radius 3 is 2.46 bits per heavy atom. The van der Waals surface area contributed by atoms with Crippen molar-refractivity contribution >= 4 is 23.1 Å². The number of nitrogens with zero attached hydrogens (tertiary/aromatic N) is 1. The van der Waals surface area contributed by atoms with Crippen LogP contribution in [-0.2, 0) is 28.5 Å². The second-order valence-electron chi connectivity index (χ2n) is 9.24. The van der Waals surface area contributed by atoms with Gasteiger partial charge in [-0.3, -0.25) is 4.79 Å². The number of hydrogen-bond donors (Lipinski definition) is 0. The van der Waals surface area contributed by atoms with Crippen LogP contribution >= 0.6 is 11.3 Å². The molecule has 0 unspecified atom stereocenters. The minimum atomic E-state index is -4.48. The molecule has 0 spiro atoms. The number of unbranched alkanes of at least 4 members (excludes halogenated alkanes) is 3. The Bertz CT molecular complexity index is 1270. The zero-order chi connectivity index (χ0) is 28.4. The Balaban J connectivity index is 1.76. The third-order valence-corrected chi connectivity index (χ3v) is 7.43. The van der Waals surface area contributed by atoms with Gasteiger partial charge in [-0.1, -0.05) is 44.4 Å². The van der Waals surface area contributed by atoms with Gasteiger partial charge in [0.1, 0.15) is 10.8 Å². The van der Waals surface area contributed by atoms with E-state index in [0.29, 0.717) is 34.7 Å². The normalized spacial score (nSPS) is 11.4. The molecule has 0 aliphatic carbocycles. The topological polar surface area (TPSA) is 65.5 Å². The van der Waals surface area contributed by atoms with Gasteiger partial charge in [0.15, 0.2) is 12.4 Å². The summed E-state index contributed by atoms with van der Waals surface area (Å²) in [5, 5.41) is 0.329. The Morgan fingerprint density at radius 1 is 1.00 bits per heavy atom. The van der Waals surface area contributed by atoms with E-state index < -0.39 is 17.7 Å². The van der Waals surface area contributed by atoms with Crippen molar-refractivity contribution in [2.75, 3.05) is 13.2 Å². The molecule has 0 saturated carbocycles. The second-order valence-corrected chi connectivity index (χ2v) is 10.3. The molecule has 39 heavy (non-hydrogen) atoms. The quantitative estimate of drug-likeness (QED) is 0.113. The molecule has 9 heteroatoms. The number of ether oxygens (including phenoxy) is 2. The standard InChI is InChI=1S/C30H34F3NO4S/c1-4-6-7-8-13-24-27(39-29(34-24)22-11-9-10-12-23(22)30(31,32)33)17-15-25(35)21-14-16-26(20(3)18-21)38-19-28(36)37-5-2/h9-12,14,16,18H,4-8,13,15,17,19H2,1-3H3. The molecule has 5 nitrogen and oxygen atoms in total. The number of aryl methyl sites for hydroxylation is 3. The maximum absolute atomic E-state index is 13.7. The molecule has 0 aliphatic rings. The van der Waals surface area contributed by atoms with Crippen LogP contribution in [0.15, 0.2) is 42.5 Å². The molecule has 3 rings (SSSR count). The number of alkyl halides is 3. The number of esters is 1. The van der Waals surface area contributed by atoms with E-state index in [1.54, 1.807) is 38.1 Å². The maximum atomic E-state index is 13.7. The lowest BCUT2D eigenvalue weighted by Crippen LogP contribution is -2.15. The van der Waals surface area contributed by atoms with Gasteiger partial charge >= 0.3 is 12.1 Å². The van der Waals surface area contributed by atoms with Crippen molar-refractivity contribution in [3.05, 3.63) is 69.7 Å². The predicted molar refractivity (Wildman–Crippen MR) is 146 cm³/mol. The van der Waals surface area contributed by atoms with Gasteiger partial charge in [0, 0.05) is 22.4 Å². The molecule has 0 saturated heterocycles. The number of aromatic nitrogens is 1. The average molecular weight is 562 g/mol. The van der Waals surface area contributed by atoms with Crippen molar-refractivity contribution in [2.45, 2.75) is 71.9 Å². The number of carbonyl (C=O) groups is 2. The summed E-state index contributed by atoms with van der Waals surface area (Å²) < 4.78 is 51.3. The van der Waals surface area contributed by atoms with Gasteiger partial charge < -0.3 is 9.47 Å². The molecule has 210 valence electrons. The van der Waals surface area contributed by atoms with Gasteiger partial charge in [-0.05, 0) is 62.9 Å². The van der Waals surface area contributed by atoms with Gasteiger partial charge in [-0.15, -0.1) is 11.3 Å². The highest BCUT2D eigenvalue weighted by Gasteiger charge is 2.34. The molecule has 2 aromatic carbocycles. The van der Waals surface area contributed by atoms with Crippen LogP contribution in [-0.4, -0.2) is 30.0 Å². The van der Waals surface area contributed by atoms with Crippen molar-refractivity contribution in [1.82, 2.24) is 4.98 Å². The minimum Gasteiger partial charge on any atom is -0.482 e. The maximum Gasteiger partial charge on any atom is 0.417 e. The SMILES string of the molecule is CCCCCCc1nc(-c2ccccc2C(F)(F)F)sc1CCC(=O)c1ccc(OCC(=O)OCC)c(C)c1. The van der Waals surface area contributed by atoms with E-state index in [0.717, 1.165) is 42.3 Å². The average Bonchev–Trinajstić information content (AvgIpc) is 3.31. The third-order valence-electron chi connectivity index (χ3n) is 6.24. The highest BCUT2D eigenvalue weighted by Crippen LogP contribution is 2.39. The fourth-order valence-corrected chi connectivity index (χ4v) is 5.37. The summed E-state index contributed by atoms with van der Waals surface area (Å²) in [6.45, 7) is 5.68. The first kappa shape index (κ1) is 30.3. The molecule has 0 N–H and O–H groups in total. The predicted octanol–water partition coefficient (Wildman–Crippen LogP) is 8.02. The molecule has 0 fully saturated rings. The number of rotatable bonds is 14. The van der Waals surface area contributed by atoms with Gasteiger partial charge in [-0.2, -0.15) is 13.2 Å². The van der Waals surface area contributed by atoms with Crippen LogP contribution in [0.5, 0.6) is 5.75 Å². The van der Waals surface area contributed by atoms with E-state index >= 15 is 0 Å². The number of thiazole rings is 1. The number of Topliss-reactive ketones (excluding diaryl/α,β-unsaturated/α-hetero) is 1. The van der Waals surface area contributed by atoms with Gasteiger partial charge in [-0.25, -0.2) is 9.78 Å². The van der Waals surface area contributed by atoms with Crippen LogP contribution in [0.25, 0.3) is 10.6 Å². The first-order valence-corrected chi connectivity index (χ1v) is 14.0. The first-order chi connectivity index (χ1) is 18.6. The van der Waals surface area contributed by atoms with Crippen LogP contribution in [0.2, 0.25) is 0 Å². The number of halogens is 3. The molecule has 3 aromatic rings. The van der Waals surface area contributed by atoms with E-state index in [4.69, 9.17) is 9.47 Å². The largest absolute Gasteiger partial charge is 0.482 e. The van der Waals surface area contributed by atoms with Crippen molar-refractivity contribution in [3.8, 4) is 16.3 Å². The summed E-state index contributed by atoms with van der Waals surface area (Å²) in [6, 6.07) is 10.5. The van der Waals surface area contributed by atoms with Crippen LogP contribution in [0.3, 0.4) is 0 Å². The molecule has 0 atom stereocenters. The second kappa shape index (κ2) is 14.3. The Labute approximate surface area is 231 Å². The molecular formula is C30H34F3NO4S. The summed E-state index contributed by atoms with van der Waals surface area (Å²) in [5.74, 6) is -0.0636. The van der Waals surface area contributed by atoms with E-state index in [-0.39, 0.29) is 31.0 Å². The van der Waals surface area contributed by atoms with Crippen LogP contribution < -0.4 is 4.74 Å². The Morgan fingerprint density at radius 2 is 1.77 bits per heavy atom. The van der Waals surface area contributed by atoms with Crippen molar-refractivity contribution < 1.29 is 32.2 Å². The number of benzene rings is 2. The number of hydrogen-bond acceptors (Lipinski definition) is 6. The monoisotopic (exact) mass is 561 g/mol. The number of carbonyl (C=O) groups excluding carboxylic acids is 2. The highest BCUT2D eigenvalue weighted by atomic mass is 32.1. The molecule has 0 amide bonds. The summed E-state index contributed by atoms with van der Waals surface area (Å²) in [6.07, 6.45) is 0.857. The summed E-state index contributed by atoms with van der Waals surface area (Å²) in [4.78, 5) is 30.0. The Kier molecular flexibility index (Phi) is 11.1. The van der Waals surface area contributed by atoms with Crippen molar-refractivity contribution in [2.24, 2.45) is 0 Å². The lowest BCUT2D eigenvalue weighted by Gasteiger charge is -2.10. The van der Waals surface area contributed by atoms with Gasteiger partial charge in [0.05, 0.1) is 17.9 Å². The summed E-state index contributed by atoms with van der Waals surface area (Å²) >= 11 is 1.24. The highest BCUT2D eigenvalue weighted by molar-refractivity contribution is 7.15. The smallest absolute Gasteiger partial charge is 0.417 e. The van der Waals surface area contributed by atoms with Crippen LogP contribution in [0.4, 0.5) is 13.2 Å². The molecule has 0 bridgehead atoms. The molecule has 0 aliphatic heterocycles. The van der Waals surface area contributed by atoms with E-state index in [1.165, 1.54) is 23.5 Å². The molecule has 0 radical (unpaired) electrons. The minimum absolute atomic E-state index is 0.0661. The summed E-state index contributed by atoms with van der Waals surface area (Å²) in [5.41, 5.74) is 1.35. The van der Waals surface area contributed by atoms with Crippen molar-refractivity contribution in [3.63, 3.8) is 0 Å². The van der Waals surface area contributed by atoms with Crippen molar-refractivity contribution in [1.29, 1.82) is 0 Å². The third kappa shape index (κ3) is 8.65. The molecule has 1 heterocycles. The lowest BCUT2D eigenvalue weighted by atomic mass is 10.0. The number of ketones is 1.